The van der Waals surface area contributed by atoms with Crippen LogP contribution in [-0.4, -0.2) is 22.6 Å². The summed E-state index contributed by atoms with van der Waals surface area (Å²) in [6, 6.07) is 13.9. The lowest BCUT2D eigenvalue weighted by atomic mass is 9.79. The Morgan fingerprint density at radius 2 is 1.62 bits per heavy atom. The van der Waals surface area contributed by atoms with Gasteiger partial charge in [-0.05, 0) is 81.0 Å². The minimum atomic E-state index is -0.312. The number of nitrogens with zero attached hydrogens (tertiary/aromatic N) is 1. The summed E-state index contributed by atoms with van der Waals surface area (Å²) in [6.45, 7) is 14.9. The lowest BCUT2D eigenvalue weighted by molar-refractivity contribution is -0.000288. The van der Waals surface area contributed by atoms with Crippen molar-refractivity contribution in [2.45, 2.75) is 59.1 Å². The summed E-state index contributed by atoms with van der Waals surface area (Å²) in [5.74, 6) is 0.869. The molecule has 0 saturated carbocycles. The number of carbonyl (C=O) groups is 1. The standard InChI is InChI=1S/C28H33NO2S/c1-18-15-20(16-19(2)25(18)31-28(6,7)27(3,4)5)13-14-24(30)22-17-21-11-9-10-12-23(21)29-26(22)32-8/h9-17H,1-8H3/b14-13+. The van der Waals surface area contributed by atoms with Gasteiger partial charge in [0.15, 0.2) is 5.78 Å². The fraction of sp³-hybridized carbons (Fsp3) is 0.357. The van der Waals surface area contributed by atoms with E-state index < -0.39 is 0 Å². The number of aryl methyl sites for hydroxylation is 2. The summed E-state index contributed by atoms with van der Waals surface area (Å²) in [4.78, 5) is 17.7. The van der Waals surface area contributed by atoms with Gasteiger partial charge in [-0.1, -0.05) is 45.0 Å². The molecule has 0 N–H and O–H groups in total. The number of hydrogen-bond acceptors (Lipinski definition) is 4. The number of benzene rings is 2. The third-order valence-corrected chi connectivity index (χ3v) is 6.92. The van der Waals surface area contributed by atoms with E-state index in [-0.39, 0.29) is 16.8 Å². The molecule has 3 aromatic rings. The quantitative estimate of drug-likeness (QED) is 0.221. The van der Waals surface area contributed by atoms with Gasteiger partial charge in [0.2, 0.25) is 0 Å². The predicted octanol–water partition coefficient (Wildman–Crippen LogP) is 7.67. The van der Waals surface area contributed by atoms with Gasteiger partial charge < -0.3 is 4.74 Å². The van der Waals surface area contributed by atoms with Crippen LogP contribution in [0.5, 0.6) is 5.75 Å². The molecule has 32 heavy (non-hydrogen) atoms. The Bertz CT molecular complexity index is 1160. The number of ether oxygens (including phenoxy) is 1. The fourth-order valence-electron chi connectivity index (χ4n) is 3.34. The van der Waals surface area contributed by atoms with Gasteiger partial charge in [-0.25, -0.2) is 4.98 Å². The van der Waals surface area contributed by atoms with Crippen molar-refractivity contribution in [1.82, 2.24) is 4.98 Å². The molecule has 0 bridgehead atoms. The minimum Gasteiger partial charge on any atom is -0.487 e. The van der Waals surface area contributed by atoms with Gasteiger partial charge >= 0.3 is 0 Å². The highest BCUT2D eigenvalue weighted by atomic mass is 32.2. The average molecular weight is 448 g/mol. The molecule has 3 nitrogen and oxygen atoms in total. The molecule has 0 radical (unpaired) electrons. The monoisotopic (exact) mass is 447 g/mol. The predicted molar refractivity (Wildman–Crippen MR) is 137 cm³/mol. The minimum absolute atomic E-state index is 0.000237. The molecule has 1 aromatic heterocycles. The molecule has 1 heterocycles. The van der Waals surface area contributed by atoms with E-state index in [4.69, 9.17) is 4.74 Å². The molecule has 0 aliphatic rings. The number of rotatable bonds is 6. The summed E-state index contributed by atoms with van der Waals surface area (Å²) in [7, 11) is 0. The normalized spacial score (nSPS) is 12.5. The third kappa shape index (κ3) is 5.07. The van der Waals surface area contributed by atoms with Crippen LogP contribution in [0.15, 0.2) is 53.6 Å². The van der Waals surface area contributed by atoms with Crippen LogP contribution in [0.1, 0.15) is 61.7 Å². The second-order valence-corrected chi connectivity index (χ2v) is 10.6. The van der Waals surface area contributed by atoms with Crippen molar-refractivity contribution in [2.24, 2.45) is 5.41 Å². The van der Waals surface area contributed by atoms with E-state index in [1.54, 1.807) is 6.08 Å². The van der Waals surface area contributed by atoms with E-state index in [0.29, 0.717) is 5.56 Å². The van der Waals surface area contributed by atoms with E-state index in [1.807, 2.05) is 42.7 Å². The van der Waals surface area contributed by atoms with Crippen molar-refractivity contribution < 1.29 is 9.53 Å². The SMILES string of the molecule is CSc1nc2ccccc2cc1C(=O)/C=C/c1cc(C)c(OC(C)(C)C(C)(C)C)c(C)c1. The number of para-hydroxylation sites is 1. The number of hydrogen-bond donors (Lipinski definition) is 0. The molecule has 0 atom stereocenters. The molecule has 0 saturated heterocycles. The van der Waals surface area contributed by atoms with Crippen molar-refractivity contribution in [3.05, 3.63) is 70.8 Å². The number of aromatic nitrogens is 1. The molecular formula is C28H33NO2S. The van der Waals surface area contributed by atoms with Gasteiger partial charge in [0.25, 0.3) is 0 Å². The maximum absolute atomic E-state index is 13.0. The molecule has 3 rings (SSSR count). The van der Waals surface area contributed by atoms with Crippen LogP contribution in [-0.2, 0) is 0 Å². The molecule has 0 unspecified atom stereocenters. The number of allylic oxidation sites excluding steroid dienone is 1. The molecule has 0 spiro atoms. The lowest BCUT2D eigenvalue weighted by Gasteiger charge is -2.39. The maximum Gasteiger partial charge on any atom is 0.188 e. The van der Waals surface area contributed by atoms with Gasteiger partial charge in [-0.3, -0.25) is 4.79 Å². The first-order valence-electron chi connectivity index (χ1n) is 10.9. The van der Waals surface area contributed by atoms with Gasteiger partial charge in [0.05, 0.1) is 11.1 Å². The zero-order chi connectivity index (χ0) is 23.7. The van der Waals surface area contributed by atoms with E-state index in [9.17, 15) is 4.79 Å². The van der Waals surface area contributed by atoms with Crippen LogP contribution in [0.4, 0.5) is 0 Å². The van der Waals surface area contributed by atoms with Gasteiger partial charge in [-0.15, -0.1) is 11.8 Å². The van der Waals surface area contributed by atoms with E-state index in [2.05, 4.69) is 65.6 Å². The molecular weight excluding hydrogens is 414 g/mol. The second kappa shape index (κ2) is 9.11. The smallest absolute Gasteiger partial charge is 0.188 e. The van der Waals surface area contributed by atoms with Crippen molar-refractivity contribution >= 4 is 34.5 Å². The number of ketones is 1. The van der Waals surface area contributed by atoms with E-state index in [0.717, 1.165) is 38.4 Å². The Kier molecular flexibility index (Phi) is 6.85. The Hall–Kier alpha value is -2.59. The van der Waals surface area contributed by atoms with Gasteiger partial charge in [0.1, 0.15) is 16.4 Å². The summed E-state index contributed by atoms with van der Waals surface area (Å²) in [6.07, 6.45) is 5.46. The average Bonchev–Trinajstić information content (AvgIpc) is 2.72. The molecule has 0 aliphatic heterocycles. The van der Waals surface area contributed by atoms with Crippen LogP contribution in [0.25, 0.3) is 17.0 Å². The number of fused-ring (bicyclic) bond motifs is 1. The zero-order valence-corrected chi connectivity index (χ0v) is 21.2. The number of thioether (sulfide) groups is 1. The second-order valence-electron chi connectivity index (χ2n) is 9.78. The summed E-state index contributed by atoms with van der Waals surface area (Å²) < 4.78 is 6.45. The van der Waals surface area contributed by atoms with Crippen LogP contribution >= 0.6 is 11.8 Å². The van der Waals surface area contributed by atoms with Crippen molar-refractivity contribution in [1.29, 1.82) is 0 Å². The summed E-state index contributed by atoms with van der Waals surface area (Å²) >= 11 is 1.49. The molecule has 2 aromatic carbocycles. The maximum atomic E-state index is 13.0. The van der Waals surface area contributed by atoms with E-state index in [1.165, 1.54) is 11.8 Å². The Labute approximate surface area is 196 Å². The molecule has 0 amide bonds. The Morgan fingerprint density at radius 1 is 1.00 bits per heavy atom. The fourth-order valence-corrected chi connectivity index (χ4v) is 3.91. The Morgan fingerprint density at radius 3 is 2.22 bits per heavy atom. The van der Waals surface area contributed by atoms with Gasteiger partial charge in [0, 0.05) is 10.8 Å². The van der Waals surface area contributed by atoms with Crippen LogP contribution < -0.4 is 4.74 Å². The lowest BCUT2D eigenvalue weighted by Crippen LogP contribution is -2.42. The van der Waals surface area contributed by atoms with Gasteiger partial charge in [-0.2, -0.15) is 0 Å². The molecule has 4 heteroatoms. The van der Waals surface area contributed by atoms with Crippen molar-refractivity contribution in [2.75, 3.05) is 6.26 Å². The largest absolute Gasteiger partial charge is 0.487 e. The number of carbonyl (C=O) groups excluding carboxylic acids is 1. The van der Waals surface area contributed by atoms with Crippen molar-refractivity contribution in [3.8, 4) is 5.75 Å². The highest BCUT2D eigenvalue weighted by Gasteiger charge is 2.35. The first-order chi connectivity index (χ1) is 14.9. The number of pyridine rings is 1. The van der Waals surface area contributed by atoms with E-state index >= 15 is 0 Å². The Balaban J connectivity index is 1.89. The topological polar surface area (TPSA) is 39.2 Å². The first-order valence-corrected chi connectivity index (χ1v) is 12.1. The van der Waals surface area contributed by atoms with Crippen LogP contribution in [0.3, 0.4) is 0 Å². The molecule has 0 fully saturated rings. The highest BCUT2D eigenvalue weighted by molar-refractivity contribution is 7.98. The summed E-state index contributed by atoms with van der Waals surface area (Å²) in [5, 5.41) is 1.72. The first kappa shape index (κ1) is 24.1. The highest BCUT2D eigenvalue weighted by Crippen LogP contribution is 2.37. The van der Waals surface area contributed by atoms with Crippen molar-refractivity contribution in [3.63, 3.8) is 0 Å². The molecule has 168 valence electrons. The third-order valence-electron chi connectivity index (χ3n) is 6.22. The molecule has 0 aliphatic carbocycles. The van der Waals surface area contributed by atoms with Crippen LogP contribution in [0.2, 0.25) is 0 Å². The van der Waals surface area contributed by atoms with Crippen LogP contribution in [0, 0.1) is 19.3 Å². The zero-order valence-electron chi connectivity index (χ0n) is 20.4. The summed E-state index contributed by atoms with van der Waals surface area (Å²) in [5.41, 5.74) is 4.32.